The van der Waals surface area contributed by atoms with Gasteiger partial charge in [-0.2, -0.15) is 5.26 Å². The normalized spacial score (nSPS) is 22.9. The maximum absolute atomic E-state index is 12.0. The van der Waals surface area contributed by atoms with Crippen molar-refractivity contribution in [1.82, 2.24) is 0 Å². The molecule has 0 bridgehead atoms. The Kier molecular flexibility index (Phi) is 3.56. The number of nitriles is 1. The highest BCUT2D eigenvalue weighted by Gasteiger charge is 2.44. The number of carboxylic acids is 1. The van der Waals surface area contributed by atoms with Gasteiger partial charge in [-0.05, 0) is 26.8 Å². The minimum atomic E-state index is -1.80. The number of carboxylic acid groups (broad SMARTS) is 1. The van der Waals surface area contributed by atoms with Gasteiger partial charge in [0.25, 0.3) is 0 Å². The molecule has 1 aliphatic rings. The van der Waals surface area contributed by atoms with Crippen LogP contribution in [-0.4, -0.2) is 34.4 Å². The largest absolute Gasteiger partial charge is 0.478 e. The molecule has 1 N–H and O–H groups in total. The maximum Gasteiger partial charge on any atom is 0.349 e. The molecule has 0 saturated heterocycles. The number of carbonyl (C=O) groups excluding carboxylic acids is 1. The van der Waals surface area contributed by atoms with E-state index in [-0.39, 0.29) is 12.0 Å². The summed E-state index contributed by atoms with van der Waals surface area (Å²) in [5.74, 6) is -2.01. The molecule has 1 heterocycles. The molecule has 1 aliphatic heterocycles. The number of allylic oxidation sites excluding steroid dienone is 1. The van der Waals surface area contributed by atoms with Crippen LogP contribution in [0.5, 0.6) is 0 Å². The number of aliphatic carboxylic acids is 1. The van der Waals surface area contributed by atoms with E-state index in [2.05, 4.69) is 4.99 Å². The van der Waals surface area contributed by atoms with Crippen LogP contribution in [0.25, 0.3) is 0 Å². The molecule has 1 rings (SSSR count). The highest BCUT2D eigenvalue weighted by molar-refractivity contribution is 5.98. The molecular formula is C12H14N2O4. The molecule has 0 aromatic rings. The van der Waals surface area contributed by atoms with Crippen LogP contribution in [0, 0.1) is 11.3 Å². The summed E-state index contributed by atoms with van der Waals surface area (Å²) in [4.78, 5) is 26.6. The Bertz CT molecular complexity index is 479. The van der Waals surface area contributed by atoms with E-state index in [1.165, 1.54) is 6.08 Å². The van der Waals surface area contributed by atoms with Crippen molar-refractivity contribution in [3.05, 3.63) is 11.6 Å². The predicted molar refractivity (Wildman–Crippen MR) is 63.0 cm³/mol. The molecule has 6 heteroatoms. The lowest BCUT2D eigenvalue weighted by Gasteiger charge is -2.27. The van der Waals surface area contributed by atoms with Crippen molar-refractivity contribution in [3.63, 3.8) is 0 Å². The Morgan fingerprint density at radius 3 is 2.61 bits per heavy atom. The molecule has 0 aromatic carbocycles. The summed E-state index contributed by atoms with van der Waals surface area (Å²) < 4.78 is 5.10. The van der Waals surface area contributed by atoms with E-state index in [0.717, 1.165) is 6.21 Å². The second-order valence-electron chi connectivity index (χ2n) is 4.93. The molecule has 0 aliphatic carbocycles. The van der Waals surface area contributed by atoms with Gasteiger partial charge in [0.05, 0.1) is 0 Å². The van der Waals surface area contributed by atoms with Crippen LogP contribution in [-0.2, 0) is 14.3 Å². The Balaban J connectivity index is 3.01. The fourth-order valence-corrected chi connectivity index (χ4v) is 1.38. The Labute approximate surface area is 105 Å². The molecule has 1 atom stereocenters. The van der Waals surface area contributed by atoms with Gasteiger partial charge in [0.15, 0.2) is 0 Å². The van der Waals surface area contributed by atoms with E-state index in [0.29, 0.717) is 0 Å². The zero-order valence-electron chi connectivity index (χ0n) is 10.4. The topological polar surface area (TPSA) is 99.8 Å². The molecule has 0 radical (unpaired) electrons. The van der Waals surface area contributed by atoms with E-state index in [9.17, 15) is 9.59 Å². The van der Waals surface area contributed by atoms with Crippen molar-refractivity contribution in [1.29, 1.82) is 5.26 Å². The number of dihydropyridines is 1. The first kappa shape index (κ1) is 13.9. The Morgan fingerprint density at radius 1 is 1.56 bits per heavy atom. The third-order valence-corrected chi connectivity index (χ3v) is 2.21. The average Bonchev–Trinajstić information content (AvgIpc) is 2.26. The van der Waals surface area contributed by atoms with Gasteiger partial charge in [0.2, 0.25) is 5.54 Å². The third-order valence-electron chi connectivity index (χ3n) is 2.21. The van der Waals surface area contributed by atoms with Crippen LogP contribution in [0.4, 0.5) is 0 Å². The molecule has 18 heavy (non-hydrogen) atoms. The number of hydrogen-bond acceptors (Lipinski definition) is 5. The smallest absolute Gasteiger partial charge is 0.349 e. The van der Waals surface area contributed by atoms with Crippen molar-refractivity contribution in [2.45, 2.75) is 38.3 Å². The van der Waals surface area contributed by atoms with Gasteiger partial charge in [-0.15, -0.1) is 0 Å². The van der Waals surface area contributed by atoms with Crippen LogP contribution in [0.1, 0.15) is 27.2 Å². The van der Waals surface area contributed by atoms with Crippen LogP contribution < -0.4 is 0 Å². The predicted octanol–water partition coefficient (Wildman–Crippen LogP) is 1.08. The molecular weight excluding hydrogens is 236 g/mol. The van der Waals surface area contributed by atoms with E-state index >= 15 is 0 Å². The van der Waals surface area contributed by atoms with Crippen molar-refractivity contribution >= 4 is 18.2 Å². The van der Waals surface area contributed by atoms with E-state index in [1.807, 2.05) is 0 Å². The zero-order valence-corrected chi connectivity index (χ0v) is 10.4. The summed E-state index contributed by atoms with van der Waals surface area (Å²) in [6.45, 7) is 4.99. The van der Waals surface area contributed by atoms with Crippen molar-refractivity contribution < 1.29 is 19.4 Å². The summed E-state index contributed by atoms with van der Waals surface area (Å²) in [6, 6.07) is 1.75. The lowest BCUT2D eigenvalue weighted by atomic mass is 9.90. The Morgan fingerprint density at radius 2 is 2.17 bits per heavy atom. The summed E-state index contributed by atoms with van der Waals surface area (Å²) >= 11 is 0. The summed E-state index contributed by atoms with van der Waals surface area (Å²) in [5, 5.41) is 18.0. The molecule has 96 valence electrons. The van der Waals surface area contributed by atoms with Gasteiger partial charge < -0.3 is 9.84 Å². The van der Waals surface area contributed by atoms with Gasteiger partial charge in [-0.1, -0.05) is 0 Å². The van der Waals surface area contributed by atoms with Gasteiger partial charge in [-0.25, -0.2) is 9.59 Å². The van der Waals surface area contributed by atoms with Gasteiger partial charge in [0, 0.05) is 18.2 Å². The van der Waals surface area contributed by atoms with Crippen LogP contribution in [0.15, 0.2) is 16.6 Å². The lowest BCUT2D eigenvalue weighted by molar-refractivity contribution is -0.159. The van der Waals surface area contributed by atoms with Crippen LogP contribution in [0.2, 0.25) is 0 Å². The summed E-state index contributed by atoms with van der Waals surface area (Å²) in [6.07, 6.45) is 2.13. The minimum absolute atomic E-state index is 0.0441. The second-order valence-corrected chi connectivity index (χ2v) is 4.93. The molecule has 0 saturated carbocycles. The SMILES string of the molecule is CC(C)(C)OC(=O)C1(C#N)CC(C(=O)O)=CC=N1. The minimum Gasteiger partial charge on any atom is -0.478 e. The monoisotopic (exact) mass is 250 g/mol. The van der Waals surface area contributed by atoms with Crippen molar-refractivity contribution in [2.75, 3.05) is 0 Å². The fourth-order valence-electron chi connectivity index (χ4n) is 1.38. The highest BCUT2D eigenvalue weighted by Crippen LogP contribution is 2.27. The molecule has 6 nitrogen and oxygen atoms in total. The first-order chi connectivity index (χ1) is 8.20. The Hall–Kier alpha value is -2.16. The molecule has 0 fully saturated rings. The number of aliphatic imine (C=N–C) groups is 1. The zero-order chi connectivity index (χ0) is 14.0. The first-order valence-electron chi connectivity index (χ1n) is 5.32. The van der Waals surface area contributed by atoms with Crippen molar-refractivity contribution in [2.24, 2.45) is 4.99 Å². The number of esters is 1. The fraction of sp³-hybridized carbons (Fsp3) is 0.500. The lowest BCUT2D eigenvalue weighted by Crippen LogP contribution is -2.43. The van der Waals surface area contributed by atoms with E-state index < -0.39 is 23.1 Å². The summed E-state index contributed by atoms with van der Waals surface area (Å²) in [5.41, 5.74) is -2.60. The quantitative estimate of drug-likeness (QED) is 0.739. The number of ether oxygens (including phenoxy) is 1. The molecule has 0 spiro atoms. The highest BCUT2D eigenvalue weighted by atomic mass is 16.6. The number of nitrogens with zero attached hydrogens (tertiary/aromatic N) is 2. The third kappa shape index (κ3) is 2.94. The van der Waals surface area contributed by atoms with E-state index in [4.69, 9.17) is 15.1 Å². The molecule has 0 amide bonds. The van der Waals surface area contributed by atoms with Crippen LogP contribution >= 0.6 is 0 Å². The number of hydrogen-bond donors (Lipinski definition) is 1. The molecule has 0 aromatic heterocycles. The average molecular weight is 250 g/mol. The van der Waals surface area contributed by atoms with E-state index in [1.54, 1.807) is 26.8 Å². The second kappa shape index (κ2) is 4.61. The summed E-state index contributed by atoms with van der Waals surface area (Å²) in [7, 11) is 0. The van der Waals surface area contributed by atoms with Gasteiger partial charge >= 0.3 is 11.9 Å². The first-order valence-corrected chi connectivity index (χ1v) is 5.32. The molecule has 1 unspecified atom stereocenters. The van der Waals surface area contributed by atoms with Crippen molar-refractivity contribution in [3.8, 4) is 6.07 Å². The standard InChI is InChI=1S/C12H14N2O4/c1-11(2,3)18-10(17)12(7-13)6-8(9(15)16)4-5-14-12/h4-5H,6H2,1-3H3,(H,15,16). The number of rotatable bonds is 2. The van der Waals surface area contributed by atoms with Crippen LogP contribution in [0.3, 0.4) is 0 Å². The maximum atomic E-state index is 12.0. The van der Waals surface area contributed by atoms with Gasteiger partial charge in [-0.3, -0.25) is 4.99 Å². The van der Waals surface area contributed by atoms with Gasteiger partial charge in [0.1, 0.15) is 11.7 Å². The number of carbonyl (C=O) groups is 2.